The van der Waals surface area contributed by atoms with Gasteiger partial charge in [-0.1, -0.05) is 0 Å². The number of aromatic nitrogens is 2. The van der Waals surface area contributed by atoms with Crippen LogP contribution in [0.3, 0.4) is 0 Å². The van der Waals surface area contributed by atoms with E-state index in [4.69, 9.17) is 5.11 Å². The number of aliphatic hydroxyl groups is 1. The van der Waals surface area contributed by atoms with Gasteiger partial charge in [0.05, 0.1) is 18.8 Å². The van der Waals surface area contributed by atoms with Gasteiger partial charge in [0.1, 0.15) is 6.61 Å². The van der Waals surface area contributed by atoms with Gasteiger partial charge in [0, 0.05) is 13.2 Å². The van der Waals surface area contributed by atoms with E-state index in [0.717, 1.165) is 5.69 Å². The Kier molecular flexibility index (Phi) is 3.93. The van der Waals surface area contributed by atoms with Gasteiger partial charge in [-0.05, 0) is 6.07 Å². The highest BCUT2D eigenvalue weighted by Gasteiger charge is 2.02. The highest BCUT2D eigenvalue weighted by atomic mass is 16.6. The standard InChI is InChI=1S/C8H13N3O3/c1-11-3-2-7(10-11)6-9-8(13)14-5-4-12/h2-3,12H,4-6H2,1H3,(H,9,13). The van der Waals surface area contributed by atoms with Gasteiger partial charge in [0.25, 0.3) is 0 Å². The van der Waals surface area contributed by atoms with Crippen LogP contribution in [0.25, 0.3) is 0 Å². The quantitative estimate of drug-likeness (QED) is 0.694. The second kappa shape index (κ2) is 5.23. The molecule has 0 unspecified atom stereocenters. The first kappa shape index (κ1) is 10.5. The Morgan fingerprint density at radius 2 is 2.57 bits per heavy atom. The summed E-state index contributed by atoms with van der Waals surface area (Å²) in [6.07, 6.45) is 1.24. The number of hydrogen-bond acceptors (Lipinski definition) is 4. The lowest BCUT2D eigenvalue weighted by Gasteiger charge is -2.03. The van der Waals surface area contributed by atoms with E-state index in [1.807, 2.05) is 0 Å². The molecule has 0 aliphatic rings. The number of ether oxygens (including phenoxy) is 1. The summed E-state index contributed by atoms with van der Waals surface area (Å²) in [5.74, 6) is 0. The predicted molar refractivity (Wildman–Crippen MR) is 48.5 cm³/mol. The lowest BCUT2D eigenvalue weighted by Crippen LogP contribution is -2.25. The zero-order chi connectivity index (χ0) is 10.4. The Bertz CT molecular complexity index is 298. The van der Waals surface area contributed by atoms with Crippen LogP contribution in [0.15, 0.2) is 12.3 Å². The van der Waals surface area contributed by atoms with Crippen molar-refractivity contribution < 1.29 is 14.6 Å². The highest BCUT2D eigenvalue weighted by Crippen LogP contribution is 1.92. The molecule has 14 heavy (non-hydrogen) atoms. The van der Waals surface area contributed by atoms with Gasteiger partial charge in [-0.2, -0.15) is 5.10 Å². The molecule has 0 atom stereocenters. The van der Waals surface area contributed by atoms with Gasteiger partial charge in [0.2, 0.25) is 0 Å². The van der Waals surface area contributed by atoms with E-state index in [2.05, 4.69) is 15.2 Å². The molecule has 0 aliphatic carbocycles. The predicted octanol–water partition coefficient (Wildman–Crippen LogP) is -0.361. The van der Waals surface area contributed by atoms with E-state index in [9.17, 15) is 4.79 Å². The van der Waals surface area contributed by atoms with Crippen molar-refractivity contribution in [2.75, 3.05) is 13.2 Å². The smallest absolute Gasteiger partial charge is 0.407 e. The van der Waals surface area contributed by atoms with Gasteiger partial charge in [-0.3, -0.25) is 4.68 Å². The molecular formula is C8H13N3O3. The van der Waals surface area contributed by atoms with Crippen molar-refractivity contribution in [3.63, 3.8) is 0 Å². The number of rotatable bonds is 4. The highest BCUT2D eigenvalue weighted by molar-refractivity contribution is 5.66. The van der Waals surface area contributed by atoms with Crippen LogP contribution in [0.4, 0.5) is 4.79 Å². The van der Waals surface area contributed by atoms with Gasteiger partial charge in [-0.15, -0.1) is 0 Å². The first-order chi connectivity index (χ1) is 6.72. The molecule has 0 saturated carbocycles. The molecule has 0 bridgehead atoms. The molecule has 0 aromatic carbocycles. The van der Waals surface area contributed by atoms with E-state index >= 15 is 0 Å². The third-order valence-corrected chi connectivity index (χ3v) is 1.51. The SMILES string of the molecule is Cn1ccc(CNC(=O)OCCO)n1. The van der Waals surface area contributed by atoms with Crippen molar-refractivity contribution in [1.29, 1.82) is 0 Å². The van der Waals surface area contributed by atoms with Crippen molar-refractivity contribution >= 4 is 6.09 Å². The van der Waals surface area contributed by atoms with E-state index in [0.29, 0.717) is 6.54 Å². The summed E-state index contributed by atoms with van der Waals surface area (Å²) >= 11 is 0. The molecule has 1 aromatic heterocycles. The maximum atomic E-state index is 10.9. The van der Waals surface area contributed by atoms with Crippen LogP contribution in [0.2, 0.25) is 0 Å². The minimum Gasteiger partial charge on any atom is -0.447 e. The number of carbonyl (C=O) groups is 1. The average Bonchev–Trinajstić information content (AvgIpc) is 2.58. The average molecular weight is 199 g/mol. The Balaban J connectivity index is 2.23. The maximum Gasteiger partial charge on any atom is 0.407 e. The Morgan fingerprint density at radius 1 is 1.79 bits per heavy atom. The van der Waals surface area contributed by atoms with Gasteiger partial charge in [-0.25, -0.2) is 4.79 Å². The van der Waals surface area contributed by atoms with Crippen molar-refractivity contribution in [2.45, 2.75) is 6.54 Å². The van der Waals surface area contributed by atoms with Crippen molar-refractivity contribution in [1.82, 2.24) is 15.1 Å². The number of aliphatic hydroxyl groups excluding tert-OH is 1. The molecule has 78 valence electrons. The minimum atomic E-state index is -0.551. The first-order valence-electron chi connectivity index (χ1n) is 4.22. The van der Waals surface area contributed by atoms with Crippen LogP contribution >= 0.6 is 0 Å². The molecule has 1 rings (SSSR count). The normalized spacial score (nSPS) is 9.86. The number of nitrogens with one attached hydrogen (secondary N) is 1. The number of carbonyl (C=O) groups excluding carboxylic acids is 1. The number of nitrogens with zero attached hydrogens (tertiary/aromatic N) is 2. The summed E-state index contributed by atoms with van der Waals surface area (Å²) in [7, 11) is 1.80. The van der Waals surface area contributed by atoms with E-state index in [1.165, 1.54) is 0 Å². The van der Waals surface area contributed by atoms with Crippen LogP contribution in [0.5, 0.6) is 0 Å². The summed E-state index contributed by atoms with van der Waals surface area (Å²) in [4.78, 5) is 10.9. The Hall–Kier alpha value is -1.56. The number of aryl methyl sites for hydroxylation is 1. The topological polar surface area (TPSA) is 76.4 Å². The molecule has 0 fully saturated rings. The van der Waals surface area contributed by atoms with Gasteiger partial charge in [0.15, 0.2) is 0 Å². The number of amides is 1. The van der Waals surface area contributed by atoms with Crippen molar-refractivity contribution in [3.8, 4) is 0 Å². The lowest BCUT2D eigenvalue weighted by molar-refractivity contribution is 0.118. The zero-order valence-electron chi connectivity index (χ0n) is 7.93. The van der Waals surface area contributed by atoms with Crippen molar-refractivity contribution in [2.24, 2.45) is 7.05 Å². The monoisotopic (exact) mass is 199 g/mol. The fourth-order valence-electron chi connectivity index (χ4n) is 0.910. The maximum absolute atomic E-state index is 10.9. The molecule has 1 amide bonds. The molecule has 1 aromatic rings. The summed E-state index contributed by atoms with van der Waals surface area (Å²) < 4.78 is 6.23. The zero-order valence-corrected chi connectivity index (χ0v) is 7.93. The van der Waals surface area contributed by atoms with Crippen LogP contribution in [0, 0.1) is 0 Å². The van der Waals surface area contributed by atoms with E-state index in [-0.39, 0.29) is 13.2 Å². The Morgan fingerprint density at radius 3 is 3.14 bits per heavy atom. The fourth-order valence-corrected chi connectivity index (χ4v) is 0.910. The second-order valence-electron chi connectivity index (χ2n) is 2.69. The van der Waals surface area contributed by atoms with E-state index in [1.54, 1.807) is 24.0 Å². The largest absolute Gasteiger partial charge is 0.447 e. The molecule has 0 saturated heterocycles. The molecule has 2 N–H and O–H groups in total. The summed E-state index contributed by atoms with van der Waals surface area (Å²) in [6.45, 7) is 0.163. The van der Waals surface area contributed by atoms with Crippen LogP contribution in [-0.2, 0) is 18.3 Å². The third kappa shape index (κ3) is 3.44. The second-order valence-corrected chi connectivity index (χ2v) is 2.69. The van der Waals surface area contributed by atoms with Gasteiger partial charge >= 0.3 is 6.09 Å². The van der Waals surface area contributed by atoms with Crippen LogP contribution in [0.1, 0.15) is 5.69 Å². The van der Waals surface area contributed by atoms with E-state index < -0.39 is 6.09 Å². The lowest BCUT2D eigenvalue weighted by atomic mass is 10.4. The molecule has 0 spiro atoms. The van der Waals surface area contributed by atoms with Crippen molar-refractivity contribution in [3.05, 3.63) is 18.0 Å². The molecule has 6 heteroatoms. The first-order valence-corrected chi connectivity index (χ1v) is 4.22. The third-order valence-electron chi connectivity index (χ3n) is 1.51. The molecular weight excluding hydrogens is 186 g/mol. The molecule has 0 radical (unpaired) electrons. The fraction of sp³-hybridized carbons (Fsp3) is 0.500. The van der Waals surface area contributed by atoms with Crippen LogP contribution in [-0.4, -0.2) is 34.2 Å². The minimum absolute atomic E-state index is 0.00799. The van der Waals surface area contributed by atoms with Gasteiger partial charge < -0.3 is 15.2 Å². The summed E-state index contributed by atoms with van der Waals surface area (Å²) in [6, 6.07) is 1.80. The molecule has 6 nitrogen and oxygen atoms in total. The van der Waals surface area contributed by atoms with Crippen LogP contribution < -0.4 is 5.32 Å². The number of alkyl carbamates (subject to hydrolysis) is 1. The molecule has 0 aliphatic heterocycles. The Labute approximate surface area is 81.5 Å². The summed E-state index contributed by atoms with van der Waals surface area (Å²) in [5.41, 5.74) is 0.758. The molecule has 1 heterocycles. The number of hydrogen-bond donors (Lipinski definition) is 2. The summed E-state index contributed by atoms with van der Waals surface area (Å²) in [5, 5.41) is 14.9.